The molecule has 0 N–H and O–H groups in total. The predicted octanol–water partition coefficient (Wildman–Crippen LogP) is 3.84. The molecule has 4 aromatic rings. The van der Waals surface area contributed by atoms with Gasteiger partial charge in [-0.05, 0) is 50.2 Å². The molecular formula is C19H15ClN4O. The summed E-state index contributed by atoms with van der Waals surface area (Å²) in [5, 5.41) is 10.5. The fourth-order valence-electron chi connectivity index (χ4n) is 3.01. The average Bonchev–Trinajstić information content (AvgIpc) is 2.98. The number of nitrogens with zero attached hydrogens (tertiary/aromatic N) is 4. The van der Waals surface area contributed by atoms with Gasteiger partial charge >= 0.3 is 0 Å². The average molecular weight is 351 g/mol. The molecule has 0 saturated heterocycles. The lowest BCUT2D eigenvalue weighted by atomic mass is 10.2. The summed E-state index contributed by atoms with van der Waals surface area (Å²) in [7, 11) is 0. The third-order valence-corrected chi connectivity index (χ3v) is 4.45. The molecule has 0 amide bonds. The van der Waals surface area contributed by atoms with Gasteiger partial charge in [-0.15, -0.1) is 0 Å². The van der Waals surface area contributed by atoms with Gasteiger partial charge in [-0.1, -0.05) is 29.8 Å². The molecule has 5 nitrogen and oxygen atoms in total. The molecular weight excluding hydrogens is 336 g/mol. The molecule has 2 heterocycles. The molecule has 0 aliphatic carbocycles. The lowest BCUT2D eigenvalue weighted by Gasteiger charge is -2.06. The van der Waals surface area contributed by atoms with E-state index in [2.05, 4.69) is 10.2 Å². The Morgan fingerprint density at radius 1 is 0.840 bits per heavy atom. The Labute approximate surface area is 149 Å². The van der Waals surface area contributed by atoms with E-state index in [0.29, 0.717) is 10.5 Å². The summed E-state index contributed by atoms with van der Waals surface area (Å²) in [5.41, 5.74) is 3.38. The number of benzene rings is 2. The molecule has 25 heavy (non-hydrogen) atoms. The SMILES string of the molecule is Cc1nn(-c2ccccc2)c(=O)c2nn(-c3ccc(Cl)cc3)c(C)c12. The first-order chi connectivity index (χ1) is 12.1. The van der Waals surface area contributed by atoms with Crippen molar-refractivity contribution in [2.75, 3.05) is 0 Å². The van der Waals surface area contributed by atoms with Gasteiger partial charge in [-0.25, -0.2) is 4.68 Å². The van der Waals surface area contributed by atoms with Crippen molar-refractivity contribution in [2.45, 2.75) is 13.8 Å². The lowest BCUT2D eigenvalue weighted by Crippen LogP contribution is -2.22. The first-order valence-electron chi connectivity index (χ1n) is 7.87. The van der Waals surface area contributed by atoms with E-state index in [1.165, 1.54) is 4.68 Å². The molecule has 124 valence electrons. The molecule has 0 aliphatic rings. The van der Waals surface area contributed by atoms with Gasteiger partial charge in [-0.2, -0.15) is 14.9 Å². The van der Waals surface area contributed by atoms with Gasteiger partial charge in [0.1, 0.15) is 0 Å². The molecule has 0 spiro atoms. The Morgan fingerprint density at radius 2 is 1.48 bits per heavy atom. The summed E-state index contributed by atoms with van der Waals surface area (Å²) in [5.74, 6) is 0. The van der Waals surface area contributed by atoms with E-state index in [4.69, 9.17) is 11.6 Å². The maximum atomic E-state index is 12.9. The van der Waals surface area contributed by atoms with Gasteiger partial charge in [0.15, 0.2) is 5.52 Å². The van der Waals surface area contributed by atoms with E-state index in [1.54, 1.807) is 16.8 Å². The highest BCUT2D eigenvalue weighted by Gasteiger charge is 2.17. The number of hydrogen-bond donors (Lipinski definition) is 0. The van der Waals surface area contributed by atoms with Crippen LogP contribution in [0.15, 0.2) is 59.4 Å². The Balaban J connectivity index is 2.00. The van der Waals surface area contributed by atoms with Crippen molar-refractivity contribution in [3.8, 4) is 11.4 Å². The molecule has 0 radical (unpaired) electrons. The number of aromatic nitrogens is 4. The maximum Gasteiger partial charge on any atom is 0.299 e. The quantitative estimate of drug-likeness (QED) is 0.552. The van der Waals surface area contributed by atoms with E-state index in [9.17, 15) is 4.79 Å². The van der Waals surface area contributed by atoms with Gasteiger partial charge in [0.2, 0.25) is 0 Å². The van der Waals surface area contributed by atoms with Crippen molar-refractivity contribution >= 4 is 22.5 Å². The number of fused-ring (bicyclic) bond motifs is 1. The van der Waals surface area contributed by atoms with Crippen molar-refractivity contribution in [1.82, 2.24) is 19.6 Å². The molecule has 0 fully saturated rings. The fourth-order valence-corrected chi connectivity index (χ4v) is 3.13. The van der Waals surface area contributed by atoms with Crippen LogP contribution in [-0.4, -0.2) is 19.6 Å². The van der Waals surface area contributed by atoms with Crippen molar-refractivity contribution < 1.29 is 0 Å². The van der Waals surface area contributed by atoms with Crippen LogP contribution in [0.1, 0.15) is 11.4 Å². The lowest BCUT2D eigenvalue weighted by molar-refractivity contribution is 0.796. The number of halogens is 1. The van der Waals surface area contributed by atoms with Crippen LogP contribution in [0.25, 0.3) is 22.3 Å². The van der Waals surface area contributed by atoms with Gasteiger partial charge in [-0.3, -0.25) is 4.79 Å². The Bertz CT molecular complexity index is 1130. The summed E-state index contributed by atoms with van der Waals surface area (Å²) in [6.45, 7) is 3.83. The number of rotatable bonds is 2. The fraction of sp³-hybridized carbons (Fsp3) is 0.105. The van der Waals surface area contributed by atoms with E-state index < -0.39 is 0 Å². The molecule has 2 aromatic heterocycles. The molecule has 0 aliphatic heterocycles. The Hall–Kier alpha value is -2.92. The Morgan fingerprint density at radius 3 is 2.16 bits per heavy atom. The number of hydrogen-bond acceptors (Lipinski definition) is 3. The molecule has 0 bridgehead atoms. The van der Waals surface area contributed by atoms with Crippen LogP contribution in [0.5, 0.6) is 0 Å². The predicted molar refractivity (Wildman–Crippen MR) is 98.9 cm³/mol. The standard InChI is InChI=1S/C19H15ClN4O/c1-12-17-13(2)23(16-10-8-14(20)9-11-16)22-18(17)19(25)24(21-12)15-6-4-3-5-7-15/h3-11H,1-2H3. The highest BCUT2D eigenvalue weighted by Crippen LogP contribution is 2.22. The van der Waals surface area contributed by atoms with Crippen LogP contribution < -0.4 is 5.56 Å². The minimum atomic E-state index is -0.234. The summed E-state index contributed by atoms with van der Waals surface area (Å²) >= 11 is 5.96. The second-order valence-corrected chi connectivity index (χ2v) is 6.27. The van der Waals surface area contributed by atoms with Crippen molar-refractivity contribution in [3.05, 3.63) is 81.4 Å². The zero-order chi connectivity index (χ0) is 17.6. The normalized spacial score (nSPS) is 11.2. The summed E-state index contributed by atoms with van der Waals surface area (Å²) in [6, 6.07) is 16.7. The number of aryl methyl sites for hydroxylation is 2. The van der Waals surface area contributed by atoms with Gasteiger partial charge < -0.3 is 0 Å². The van der Waals surface area contributed by atoms with E-state index >= 15 is 0 Å². The van der Waals surface area contributed by atoms with Crippen LogP contribution in [-0.2, 0) is 0 Å². The van der Waals surface area contributed by atoms with Crippen LogP contribution >= 0.6 is 11.6 Å². The van der Waals surface area contributed by atoms with Crippen molar-refractivity contribution in [3.63, 3.8) is 0 Å². The van der Waals surface area contributed by atoms with Gasteiger partial charge in [0.05, 0.1) is 28.1 Å². The second kappa shape index (κ2) is 5.86. The molecule has 0 saturated carbocycles. The molecule has 0 atom stereocenters. The monoisotopic (exact) mass is 350 g/mol. The van der Waals surface area contributed by atoms with E-state index in [-0.39, 0.29) is 5.56 Å². The molecule has 2 aromatic carbocycles. The van der Waals surface area contributed by atoms with E-state index in [1.807, 2.05) is 56.3 Å². The largest absolute Gasteiger partial charge is 0.299 e. The third-order valence-electron chi connectivity index (χ3n) is 4.20. The summed E-state index contributed by atoms with van der Waals surface area (Å²) in [4.78, 5) is 12.9. The molecule has 4 rings (SSSR count). The minimum absolute atomic E-state index is 0.234. The van der Waals surface area contributed by atoms with Crippen LogP contribution in [0.3, 0.4) is 0 Å². The first-order valence-corrected chi connectivity index (χ1v) is 8.24. The van der Waals surface area contributed by atoms with Crippen molar-refractivity contribution in [2.24, 2.45) is 0 Å². The third kappa shape index (κ3) is 2.53. The molecule has 6 heteroatoms. The zero-order valence-electron chi connectivity index (χ0n) is 13.8. The number of para-hydroxylation sites is 1. The maximum absolute atomic E-state index is 12.9. The smallest absolute Gasteiger partial charge is 0.265 e. The van der Waals surface area contributed by atoms with Crippen LogP contribution in [0.2, 0.25) is 5.02 Å². The summed E-state index contributed by atoms with van der Waals surface area (Å²) in [6.07, 6.45) is 0. The summed E-state index contributed by atoms with van der Waals surface area (Å²) < 4.78 is 3.16. The van der Waals surface area contributed by atoms with E-state index in [0.717, 1.165) is 28.1 Å². The van der Waals surface area contributed by atoms with Crippen LogP contribution in [0, 0.1) is 13.8 Å². The Kier molecular flexibility index (Phi) is 3.66. The highest BCUT2D eigenvalue weighted by molar-refractivity contribution is 6.30. The van der Waals surface area contributed by atoms with Gasteiger partial charge in [0, 0.05) is 5.02 Å². The highest BCUT2D eigenvalue weighted by atomic mass is 35.5. The minimum Gasteiger partial charge on any atom is -0.265 e. The van der Waals surface area contributed by atoms with Crippen molar-refractivity contribution in [1.29, 1.82) is 0 Å². The van der Waals surface area contributed by atoms with Gasteiger partial charge in [0.25, 0.3) is 5.56 Å². The first kappa shape index (κ1) is 15.6. The topological polar surface area (TPSA) is 52.7 Å². The van der Waals surface area contributed by atoms with Crippen LogP contribution in [0.4, 0.5) is 0 Å². The molecule has 0 unspecified atom stereocenters. The second-order valence-electron chi connectivity index (χ2n) is 5.84. The zero-order valence-corrected chi connectivity index (χ0v) is 14.5.